The third-order valence-corrected chi connectivity index (χ3v) is 3.57. The number of nitrogens with zero attached hydrogens (tertiary/aromatic N) is 4. The molecule has 0 saturated carbocycles. The van der Waals surface area contributed by atoms with Crippen LogP contribution in [0.3, 0.4) is 0 Å². The van der Waals surface area contributed by atoms with Gasteiger partial charge in [-0.15, -0.1) is 10.2 Å². The summed E-state index contributed by atoms with van der Waals surface area (Å²) in [6, 6.07) is 1.18. The van der Waals surface area contributed by atoms with Crippen molar-refractivity contribution in [2.45, 2.75) is 46.7 Å². The molecule has 0 aromatic carbocycles. The van der Waals surface area contributed by atoms with E-state index in [2.05, 4.69) is 15.2 Å². The minimum Gasteiger partial charge on any atom is -0.420 e. The summed E-state index contributed by atoms with van der Waals surface area (Å²) in [5.74, 6) is 0.446. The van der Waals surface area contributed by atoms with Crippen LogP contribution in [0, 0.1) is 12.8 Å². The molecule has 2 rings (SSSR count). The summed E-state index contributed by atoms with van der Waals surface area (Å²) >= 11 is 0. The van der Waals surface area contributed by atoms with Crippen molar-refractivity contribution in [3.05, 3.63) is 46.4 Å². The molecular weight excluding hydrogens is 361 g/mol. The molecule has 0 aliphatic rings. The number of halogens is 3. The highest BCUT2D eigenvalue weighted by Crippen LogP contribution is 2.23. The maximum Gasteiger partial charge on any atom is 0.389 e. The van der Waals surface area contributed by atoms with Crippen molar-refractivity contribution in [1.82, 2.24) is 19.7 Å². The predicted molar refractivity (Wildman–Crippen MR) is 94.8 cm³/mol. The van der Waals surface area contributed by atoms with Crippen LogP contribution in [0.25, 0.3) is 17.3 Å². The number of allylic oxidation sites excluding steroid dienone is 4. The summed E-state index contributed by atoms with van der Waals surface area (Å²) in [4.78, 5) is 16.9. The molecule has 0 bridgehead atoms. The lowest BCUT2D eigenvalue weighted by molar-refractivity contribution is -0.134. The van der Waals surface area contributed by atoms with Gasteiger partial charge in [0.15, 0.2) is 0 Å². The zero-order valence-corrected chi connectivity index (χ0v) is 15.5. The Bertz CT molecular complexity index is 908. The van der Waals surface area contributed by atoms with Gasteiger partial charge in [0.05, 0.1) is 6.42 Å². The van der Waals surface area contributed by atoms with E-state index in [1.54, 1.807) is 26.0 Å². The topological polar surface area (TPSA) is 73.8 Å². The molecule has 0 aliphatic heterocycles. The molecule has 27 heavy (non-hydrogen) atoms. The highest BCUT2D eigenvalue weighted by atomic mass is 19.4. The molecule has 2 heterocycles. The Morgan fingerprint density at radius 1 is 1.33 bits per heavy atom. The summed E-state index contributed by atoms with van der Waals surface area (Å²) in [5.41, 5.74) is -0.0153. The van der Waals surface area contributed by atoms with E-state index in [0.29, 0.717) is 5.70 Å². The van der Waals surface area contributed by atoms with Gasteiger partial charge in [-0.25, -0.2) is 4.98 Å². The Morgan fingerprint density at radius 2 is 2.04 bits per heavy atom. The lowest BCUT2D eigenvalue weighted by atomic mass is 10.2. The van der Waals surface area contributed by atoms with Crippen LogP contribution in [-0.4, -0.2) is 25.9 Å². The smallest absolute Gasteiger partial charge is 0.389 e. The molecular formula is C18H21F3N4O2. The Morgan fingerprint density at radius 3 is 2.56 bits per heavy atom. The lowest BCUT2D eigenvalue weighted by Gasteiger charge is -2.14. The van der Waals surface area contributed by atoms with Gasteiger partial charge >= 0.3 is 6.18 Å². The van der Waals surface area contributed by atoms with E-state index in [0.717, 1.165) is 0 Å². The summed E-state index contributed by atoms with van der Waals surface area (Å²) < 4.78 is 44.7. The van der Waals surface area contributed by atoms with E-state index >= 15 is 0 Å². The van der Waals surface area contributed by atoms with Gasteiger partial charge in [-0.05, 0) is 18.9 Å². The van der Waals surface area contributed by atoms with E-state index in [9.17, 15) is 18.0 Å². The van der Waals surface area contributed by atoms with E-state index in [4.69, 9.17) is 4.42 Å². The number of rotatable bonds is 6. The highest BCUT2D eigenvalue weighted by molar-refractivity contribution is 5.58. The average molecular weight is 382 g/mol. The SMILES string of the molecule is C/C=C(\C=C/C(C)C)n1c(CCC(F)(F)F)nc(-c2nnc(C)o2)cc1=O. The summed E-state index contributed by atoms with van der Waals surface area (Å²) in [6.45, 7) is 7.18. The third kappa shape index (κ3) is 5.63. The molecule has 0 amide bonds. The normalized spacial score (nSPS) is 13.1. The first-order valence-electron chi connectivity index (χ1n) is 8.46. The Hall–Kier alpha value is -2.71. The number of aromatic nitrogens is 4. The van der Waals surface area contributed by atoms with Gasteiger partial charge in [-0.2, -0.15) is 13.2 Å². The second-order valence-electron chi connectivity index (χ2n) is 6.29. The van der Waals surface area contributed by atoms with Crippen molar-refractivity contribution in [2.24, 2.45) is 5.92 Å². The van der Waals surface area contributed by atoms with Gasteiger partial charge in [-0.3, -0.25) is 9.36 Å². The van der Waals surface area contributed by atoms with E-state index < -0.39 is 24.6 Å². The molecule has 2 aromatic heterocycles. The van der Waals surface area contributed by atoms with Crippen molar-refractivity contribution in [3.8, 4) is 11.6 Å². The van der Waals surface area contributed by atoms with E-state index in [1.165, 1.54) is 10.6 Å². The Labute approximate surface area is 154 Å². The molecule has 0 aliphatic carbocycles. The number of alkyl halides is 3. The molecule has 146 valence electrons. The third-order valence-electron chi connectivity index (χ3n) is 3.57. The maximum atomic E-state index is 12.8. The van der Waals surface area contributed by atoms with Gasteiger partial charge in [0.25, 0.3) is 11.4 Å². The predicted octanol–water partition coefficient (Wildman–Crippen LogP) is 4.17. The zero-order valence-electron chi connectivity index (χ0n) is 15.5. The van der Waals surface area contributed by atoms with E-state index in [1.807, 2.05) is 19.9 Å². The van der Waals surface area contributed by atoms with Crippen molar-refractivity contribution in [1.29, 1.82) is 0 Å². The zero-order chi connectivity index (χ0) is 20.2. The monoisotopic (exact) mass is 382 g/mol. The molecule has 0 spiro atoms. The first-order chi connectivity index (χ1) is 12.6. The molecule has 0 saturated heterocycles. The van der Waals surface area contributed by atoms with Gasteiger partial charge in [0.1, 0.15) is 11.5 Å². The molecule has 6 nitrogen and oxygen atoms in total. The van der Waals surface area contributed by atoms with Gasteiger partial charge in [0, 0.05) is 25.1 Å². The highest BCUT2D eigenvalue weighted by Gasteiger charge is 2.28. The minimum atomic E-state index is -4.37. The average Bonchev–Trinajstić information content (AvgIpc) is 3.00. The fourth-order valence-electron chi connectivity index (χ4n) is 2.33. The standard InChI is InChI=1S/C18H21F3N4O2/c1-5-13(7-6-11(2)3)25-15(8-9-18(19,20)21)22-14(10-16(25)26)17-24-23-12(4)27-17/h5-7,10-11H,8-9H2,1-4H3/b7-6-,13-5+. The first-order valence-corrected chi connectivity index (χ1v) is 8.46. The largest absolute Gasteiger partial charge is 0.420 e. The van der Waals surface area contributed by atoms with Crippen LogP contribution >= 0.6 is 0 Å². The molecule has 0 N–H and O–H groups in total. The van der Waals surface area contributed by atoms with E-state index in [-0.39, 0.29) is 29.2 Å². The molecule has 0 radical (unpaired) electrons. The van der Waals surface area contributed by atoms with Crippen LogP contribution in [0.15, 0.2) is 33.5 Å². The fraction of sp³-hybridized carbons (Fsp3) is 0.444. The number of hydrogen-bond acceptors (Lipinski definition) is 5. The van der Waals surface area contributed by atoms with Crippen LogP contribution < -0.4 is 5.56 Å². The van der Waals surface area contributed by atoms with Crippen LogP contribution in [0.2, 0.25) is 0 Å². The van der Waals surface area contributed by atoms with Crippen LogP contribution in [0.4, 0.5) is 13.2 Å². The summed E-state index contributed by atoms with van der Waals surface area (Å²) in [5, 5.41) is 7.45. The van der Waals surface area contributed by atoms with Gasteiger partial charge in [0.2, 0.25) is 5.89 Å². The van der Waals surface area contributed by atoms with Crippen molar-refractivity contribution < 1.29 is 17.6 Å². The van der Waals surface area contributed by atoms with Crippen molar-refractivity contribution in [3.63, 3.8) is 0 Å². The molecule has 0 unspecified atom stereocenters. The number of aryl methyl sites for hydroxylation is 2. The molecule has 0 atom stereocenters. The summed E-state index contributed by atoms with van der Waals surface area (Å²) in [6.07, 6.45) is -0.728. The lowest BCUT2D eigenvalue weighted by Crippen LogP contribution is -2.25. The van der Waals surface area contributed by atoms with Crippen LogP contribution in [0.5, 0.6) is 0 Å². The summed E-state index contributed by atoms with van der Waals surface area (Å²) in [7, 11) is 0. The Balaban J connectivity index is 2.58. The molecule has 9 heteroatoms. The quantitative estimate of drug-likeness (QED) is 0.701. The van der Waals surface area contributed by atoms with Crippen molar-refractivity contribution in [2.75, 3.05) is 0 Å². The van der Waals surface area contributed by atoms with Crippen LogP contribution in [0.1, 0.15) is 38.9 Å². The van der Waals surface area contributed by atoms with Gasteiger partial charge in [-0.1, -0.05) is 26.0 Å². The van der Waals surface area contributed by atoms with Crippen LogP contribution in [-0.2, 0) is 6.42 Å². The van der Waals surface area contributed by atoms with Gasteiger partial charge < -0.3 is 4.42 Å². The second-order valence-corrected chi connectivity index (χ2v) is 6.29. The molecule has 0 fully saturated rings. The Kier molecular flexibility index (Phi) is 6.35. The second kappa shape index (κ2) is 8.32. The molecule has 2 aromatic rings. The van der Waals surface area contributed by atoms with Crippen molar-refractivity contribution >= 4 is 5.70 Å². The fourth-order valence-corrected chi connectivity index (χ4v) is 2.33. The number of hydrogen-bond donors (Lipinski definition) is 0. The minimum absolute atomic E-state index is 0.00948. The first kappa shape index (κ1) is 20.6. The maximum absolute atomic E-state index is 12.8.